The minimum atomic E-state index is 0.227. The molecule has 0 spiro atoms. The minimum absolute atomic E-state index is 0.227. The normalized spacial score (nSPS) is 19.5. The lowest BCUT2D eigenvalue weighted by Gasteiger charge is -2.16. The Morgan fingerprint density at radius 1 is 1.33 bits per heavy atom. The van der Waals surface area contributed by atoms with E-state index in [2.05, 4.69) is 0 Å². The third kappa shape index (κ3) is 1.14. The van der Waals surface area contributed by atoms with Crippen molar-refractivity contribution in [2.75, 3.05) is 0 Å². The van der Waals surface area contributed by atoms with E-state index < -0.39 is 0 Å². The standard InChI is InChI=1S/C10H8OS/c12-7-8-5-6-11-10-4-2-1-3-9(8)10/h1-8H. The number of para-hydroxylation sites is 1. The molecule has 1 heterocycles. The van der Waals surface area contributed by atoms with Gasteiger partial charge in [-0.3, -0.25) is 0 Å². The number of rotatable bonds is 1. The van der Waals surface area contributed by atoms with Crippen LogP contribution in [-0.4, -0.2) is 5.37 Å². The number of hydrogen-bond acceptors (Lipinski definition) is 2. The van der Waals surface area contributed by atoms with E-state index in [0.29, 0.717) is 0 Å². The summed E-state index contributed by atoms with van der Waals surface area (Å²) in [7, 11) is 0. The molecular weight excluding hydrogens is 168 g/mol. The van der Waals surface area contributed by atoms with Crippen LogP contribution in [-0.2, 0) is 0 Å². The van der Waals surface area contributed by atoms with Crippen LogP contribution < -0.4 is 4.74 Å². The van der Waals surface area contributed by atoms with Gasteiger partial charge in [0.2, 0.25) is 0 Å². The van der Waals surface area contributed by atoms with Gasteiger partial charge >= 0.3 is 0 Å². The van der Waals surface area contributed by atoms with E-state index in [4.69, 9.17) is 17.0 Å². The molecule has 1 aromatic carbocycles. The van der Waals surface area contributed by atoms with Gasteiger partial charge in [-0.2, -0.15) is 0 Å². The van der Waals surface area contributed by atoms with Gasteiger partial charge in [0.1, 0.15) is 5.75 Å². The summed E-state index contributed by atoms with van der Waals surface area (Å²) in [5.41, 5.74) is 1.15. The summed E-state index contributed by atoms with van der Waals surface area (Å²) in [6, 6.07) is 7.93. The van der Waals surface area contributed by atoms with Gasteiger partial charge in [-0.25, -0.2) is 0 Å². The van der Waals surface area contributed by atoms with Gasteiger partial charge in [0.05, 0.1) is 6.26 Å². The number of benzene rings is 1. The number of hydrogen-bond donors (Lipinski definition) is 0. The fourth-order valence-corrected chi connectivity index (χ4v) is 1.52. The molecule has 2 rings (SSSR count). The average molecular weight is 176 g/mol. The van der Waals surface area contributed by atoms with E-state index in [0.717, 1.165) is 11.3 Å². The minimum Gasteiger partial charge on any atom is -0.465 e. The van der Waals surface area contributed by atoms with Crippen LogP contribution in [0, 0.1) is 0 Å². The van der Waals surface area contributed by atoms with Gasteiger partial charge < -0.3 is 4.74 Å². The highest BCUT2D eigenvalue weighted by Gasteiger charge is 2.13. The van der Waals surface area contributed by atoms with E-state index in [1.807, 2.05) is 30.3 Å². The fraction of sp³-hybridized carbons (Fsp3) is 0.100. The summed E-state index contributed by atoms with van der Waals surface area (Å²) in [6.07, 6.45) is 3.64. The first-order chi connectivity index (χ1) is 5.92. The molecule has 1 aliphatic rings. The van der Waals surface area contributed by atoms with E-state index >= 15 is 0 Å². The zero-order valence-corrected chi connectivity index (χ0v) is 7.25. The third-order valence-electron chi connectivity index (χ3n) is 1.91. The fourth-order valence-electron chi connectivity index (χ4n) is 1.28. The topological polar surface area (TPSA) is 9.23 Å². The Bertz CT molecular complexity index is 330. The zero-order valence-electron chi connectivity index (χ0n) is 6.44. The number of allylic oxidation sites excluding steroid dienone is 1. The molecular formula is C10H8OS. The van der Waals surface area contributed by atoms with E-state index in [1.54, 1.807) is 11.6 Å². The van der Waals surface area contributed by atoms with Crippen LogP contribution in [0.4, 0.5) is 0 Å². The molecule has 0 bridgehead atoms. The lowest BCUT2D eigenvalue weighted by atomic mass is 9.99. The lowest BCUT2D eigenvalue weighted by Crippen LogP contribution is -2.03. The van der Waals surface area contributed by atoms with Crippen LogP contribution in [0.2, 0.25) is 0 Å². The van der Waals surface area contributed by atoms with Gasteiger partial charge in [0.25, 0.3) is 0 Å². The first-order valence-electron chi connectivity index (χ1n) is 3.79. The van der Waals surface area contributed by atoms with E-state index in [1.165, 1.54) is 0 Å². The van der Waals surface area contributed by atoms with E-state index in [-0.39, 0.29) is 5.92 Å². The summed E-state index contributed by atoms with van der Waals surface area (Å²) in [4.78, 5) is 0. The molecule has 1 aliphatic heterocycles. The van der Waals surface area contributed by atoms with Crippen molar-refractivity contribution in [1.29, 1.82) is 0 Å². The summed E-state index contributed by atoms with van der Waals surface area (Å²) < 4.78 is 5.31. The maximum atomic E-state index is 5.31. The summed E-state index contributed by atoms with van der Waals surface area (Å²) in [5.74, 6) is 1.14. The number of ether oxygens (including phenoxy) is 1. The van der Waals surface area contributed by atoms with Gasteiger partial charge in [-0.15, -0.1) is 0 Å². The lowest BCUT2D eigenvalue weighted by molar-refractivity contribution is 0.462. The molecule has 0 amide bonds. The van der Waals surface area contributed by atoms with Gasteiger partial charge in [0, 0.05) is 11.5 Å². The second-order valence-electron chi connectivity index (χ2n) is 2.65. The average Bonchev–Trinajstić information content (AvgIpc) is 2.17. The summed E-state index contributed by atoms with van der Waals surface area (Å²) >= 11 is 4.92. The van der Waals surface area contributed by atoms with Crippen molar-refractivity contribution in [3.63, 3.8) is 0 Å². The molecule has 2 heteroatoms. The van der Waals surface area contributed by atoms with Crippen molar-refractivity contribution < 1.29 is 4.74 Å². The Balaban J connectivity index is 2.49. The predicted octanol–water partition coefficient (Wildman–Crippen LogP) is 2.68. The molecule has 1 aromatic rings. The Kier molecular flexibility index (Phi) is 1.92. The van der Waals surface area contributed by atoms with Crippen molar-refractivity contribution in [2.45, 2.75) is 5.92 Å². The Morgan fingerprint density at radius 2 is 2.17 bits per heavy atom. The summed E-state index contributed by atoms with van der Waals surface area (Å²) in [6.45, 7) is 0. The maximum Gasteiger partial charge on any atom is 0.130 e. The molecule has 12 heavy (non-hydrogen) atoms. The van der Waals surface area contributed by atoms with Crippen molar-refractivity contribution >= 4 is 17.6 Å². The number of thiocarbonyl (C=S) groups is 1. The third-order valence-corrected chi connectivity index (χ3v) is 2.20. The molecule has 0 N–H and O–H groups in total. The SMILES string of the molecule is S=CC1C=COc2ccccc21. The molecule has 1 nitrogen and oxygen atoms in total. The molecule has 0 radical (unpaired) electrons. The number of fused-ring (bicyclic) bond motifs is 1. The van der Waals surface area contributed by atoms with Crippen LogP contribution in [0.1, 0.15) is 11.5 Å². The van der Waals surface area contributed by atoms with Crippen molar-refractivity contribution in [1.82, 2.24) is 0 Å². The monoisotopic (exact) mass is 176 g/mol. The molecule has 0 fully saturated rings. The van der Waals surface area contributed by atoms with Gasteiger partial charge in [-0.1, -0.05) is 30.4 Å². The molecule has 1 atom stereocenters. The Morgan fingerprint density at radius 3 is 3.00 bits per heavy atom. The molecule has 0 saturated heterocycles. The molecule has 60 valence electrons. The highest BCUT2D eigenvalue weighted by molar-refractivity contribution is 7.79. The molecule has 0 aliphatic carbocycles. The van der Waals surface area contributed by atoms with Crippen LogP contribution >= 0.6 is 12.2 Å². The van der Waals surface area contributed by atoms with Crippen LogP contribution in [0.5, 0.6) is 5.75 Å². The van der Waals surface area contributed by atoms with Crippen LogP contribution in [0.3, 0.4) is 0 Å². The first kappa shape index (κ1) is 7.50. The first-order valence-corrected chi connectivity index (χ1v) is 4.26. The largest absolute Gasteiger partial charge is 0.465 e. The molecule has 1 unspecified atom stereocenters. The maximum absolute atomic E-state index is 5.31. The predicted molar refractivity (Wildman–Crippen MR) is 52.6 cm³/mol. The second kappa shape index (κ2) is 3.07. The van der Waals surface area contributed by atoms with Crippen LogP contribution in [0.25, 0.3) is 0 Å². The van der Waals surface area contributed by atoms with Crippen molar-refractivity contribution in [3.05, 3.63) is 42.2 Å². The molecule has 0 saturated carbocycles. The Hall–Kier alpha value is -1.15. The van der Waals surface area contributed by atoms with Gasteiger partial charge in [-0.05, 0) is 17.5 Å². The zero-order chi connectivity index (χ0) is 8.39. The van der Waals surface area contributed by atoms with Crippen LogP contribution in [0.15, 0.2) is 36.6 Å². The second-order valence-corrected chi connectivity index (χ2v) is 2.92. The quantitative estimate of drug-likeness (QED) is 0.608. The van der Waals surface area contributed by atoms with Crippen molar-refractivity contribution in [3.8, 4) is 5.75 Å². The van der Waals surface area contributed by atoms with E-state index in [9.17, 15) is 0 Å². The summed E-state index contributed by atoms with van der Waals surface area (Å²) in [5, 5.41) is 1.75. The van der Waals surface area contributed by atoms with Gasteiger partial charge in [0.15, 0.2) is 0 Å². The Labute approximate surface area is 76.7 Å². The van der Waals surface area contributed by atoms with Crippen molar-refractivity contribution in [2.24, 2.45) is 0 Å². The highest BCUT2D eigenvalue weighted by atomic mass is 32.1. The molecule has 0 aromatic heterocycles. The smallest absolute Gasteiger partial charge is 0.130 e. The highest BCUT2D eigenvalue weighted by Crippen LogP contribution is 2.29.